The van der Waals surface area contributed by atoms with Crippen LogP contribution in [0.2, 0.25) is 0 Å². The van der Waals surface area contributed by atoms with Gasteiger partial charge < -0.3 is 0 Å². The quantitative estimate of drug-likeness (QED) is 0.486. The predicted molar refractivity (Wildman–Crippen MR) is 106 cm³/mol. The molecular formula is C23H35N. The van der Waals surface area contributed by atoms with E-state index < -0.39 is 0 Å². The molecule has 1 fully saturated rings. The van der Waals surface area contributed by atoms with Gasteiger partial charge in [0, 0.05) is 11.1 Å². The Bertz CT molecular complexity index is 585. The van der Waals surface area contributed by atoms with Crippen LogP contribution in [0.5, 0.6) is 0 Å². The number of aryl methyl sites for hydroxylation is 1. The van der Waals surface area contributed by atoms with E-state index in [0.717, 1.165) is 23.0 Å². The molecule has 0 bridgehead atoms. The summed E-state index contributed by atoms with van der Waals surface area (Å²) < 4.78 is 0. The van der Waals surface area contributed by atoms with Crippen LogP contribution in [0.3, 0.4) is 0 Å². The third kappa shape index (κ3) is 6.63. The van der Waals surface area contributed by atoms with E-state index in [9.17, 15) is 0 Å². The van der Waals surface area contributed by atoms with E-state index >= 15 is 0 Å². The Morgan fingerprint density at radius 1 is 1.04 bits per heavy atom. The normalized spacial score (nSPS) is 15.5. The van der Waals surface area contributed by atoms with Gasteiger partial charge in [-0.05, 0) is 37.3 Å². The Balaban J connectivity index is 0.000000175. The van der Waals surface area contributed by atoms with Crippen molar-refractivity contribution in [1.29, 1.82) is 0 Å². The molecule has 0 aliphatic heterocycles. The standard InChI is InChI=1S/C13H26.C10H9N/c1-3-4-5-6-8-12(2)11-13-9-7-10-13;1-8-6-7-9-4-2-3-5-10(9)11-8/h12-13H,3-11H2,1-2H3;2-7H,1H3. The first kappa shape index (κ1) is 19.0. The van der Waals surface area contributed by atoms with Crippen LogP contribution in [0.25, 0.3) is 10.9 Å². The molecule has 1 heterocycles. The lowest BCUT2D eigenvalue weighted by molar-refractivity contribution is 0.248. The SMILES string of the molecule is CCCCCCC(C)CC1CCC1.Cc1ccc2ccccc2n1. The van der Waals surface area contributed by atoms with Gasteiger partial charge >= 0.3 is 0 Å². The second-order valence-electron chi connectivity index (χ2n) is 7.63. The molecule has 1 aliphatic rings. The zero-order chi connectivity index (χ0) is 17.2. The summed E-state index contributed by atoms with van der Waals surface area (Å²) in [6, 6.07) is 12.3. The minimum atomic E-state index is 1.00. The highest BCUT2D eigenvalue weighted by Crippen LogP contribution is 2.33. The van der Waals surface area contributed by atoms with Crippen molar-refractivity contribution in [2.24, 2.45) is 11.8 Å². The molecule has 1 atom stereocenters. The molecular weight excluding hydrogens is 290 g/mol. The molecule has 1 saturated carbocycles. The minimum Gasteiger partial charge on any atom is -0.253 e. The molecule has 24 heavy (non-hydrogen) atoms. The van der Waals surface area contributed by atoms with Gasteiger partial charge in [0.25, 0.3) is 0 Å². The van der Waals surface area contributed by atoms with Crippen LogP contribution in [0, 0.1) is 18.8 Å². The number of nitrogens with zero attached hydrogens (tertiary/aromatic N) is 1. The van der Waals surface area contributed by atoms with Gasteiger partial charge in [0.1, 0.15) is 0 Å². The molecule has 0 radical (unpaired) electrons. The maximum Gasteiger partial charge on any atom is 0.0705 e. The fourth-order valence-corrected chi connectivity index (χ4v) is 3.50. The van der Waals surface area contributed by atoms with Crippen LogP contribution in [-0.4, -0.2) is 4.98 Å². The number of hydrogen-bond donors (Lipinski definition) is 0. The summed E-state index contributed by atoms with van der Waals surface area (Å²) in [4.78, 5) is 4.38. The van der Waals surface area contributed by atoms with Crippen molar-refractivity contribution >= 4 is 10.9 Å². The van der Waals surface area contributed by atoms with E-state index in [2.05, 4.69) is 31.0 Å². The first-order chi connectivity index (χ1) is 11.7. The highest BCUT2D eigenvalue weighted by molar-refractivity contribution is 5.78. The summed E-state index contributed by atoms with van der Waals surface area (Å²) in [6.45, 7) is 6.74. The second-order valence-corrected chi connectivity index (χ2v) is 7.63. The largest absolute Gasteiger partial charge is 0.253 e. The molecule has 0 amide bonds. The maximum absolute atomic E-state index is 4.38. The molecule has 1 heteroatoms. The van der Waals surface area contributed by atoms with E-state index in [1.807, 2.05) is 31.2 Å². The lowest BCUT2D eigenvalue weighted by Crippen LogP contribution is -2.14. The Morgan fingerprint density at radius 2 is 1.83 bits per heavy atom. The second kappa shape index (κ2) is 10.5. The van der Waals surface area contributed by atoms with Gasteiger partial charge in [-0.15, -0.1) is 0 Å². The summed E-state index contributed by atoms with van der Waals surface area (Å²) in [7, 11) is 0. The van der Waals surface area contributed by atoms with Gasteiger partial charge in [-0.3, -0.25) is 4.98 Å². The van der Waals surface area contributed by atoms with Crippen LogP contribution in [-0.2, 0) is 0 Å². The first-order valence-corrected chi connectivity index (χ1v) is 10.0. The highest BCUT2D eigenvalue weighted by atomic mass is 14.7. The van der Waals surface area contributed by atoms with Crippen LogP contribution in [0.1, 0.15) is 77.3 Å². The van der Waals surface area contributed by atoms with Gasteiger partial charge in [-0.1, -0.05) is 89.5 Å². The van der Waals surface area contributed by atoms with E-state index in [1.165, 1.54) is 63.2 Å². The van der Waals surface area contributed by atoms with Crippen molar-refractivity contribution < 1.29 is 0 Å². The third-order valence-corrected chi connectivity index (χ3v) is 5.25. The number of aromatic nitrogens is 1. The number of fused-ring (bicyclic) bond motifs is 1. The topological polar surface area (TPSA) is 12.9 Å². The lowest BCUT2D eigenvalue weighted by atomic mass is 9.78. The Morgan fingerprint density at radius 3 is 2.54 bits per heavy atom. The molecule has 132 valence electrons. The molecule has 2 aromatic rings. The number of hydrogen-bond acceptors (Lipinski definition) is 1. The number of rotatable bonds is 7. The van der Waals surface area contributed by atoms with Crippen LogP contribution in [0.4, 0.5) is 0 Å². The Labute approximate surface area is 148 Å². The fourth-order valence-electron chi connectivity index (χ4n) is 3.50. The van der Waals surface area contributed by atoms with Crippen molar-refractivity contribution in [2.75, 3.05) is 0 Å². The van der Waals surface area contributed by atoms with Gasteiger partial charge in [0.2, 0.25) is 0 Å². The van der Waals surface area contributed by atoms with Crippen LogP contribution in [0.15, 0.2) is 36.4 Å². The predicted octanol–water partition coefficient (Wildman–Crippen LogP) is 7.33. The number of benzene rings is 1. The number of para-hydroxylation sites is 1. The first-order valence-electron chi connectivity index (χ1n) is 10.0. The molecule has 1 aliphatic carbocycles. The smallest absolute Gasteiger partial charge is 0.0705 e. The summed E-state index contributed by atoms with van der Waals surface area (Å²) in [5.41, 5.74) is 2.15. The zero-order valence-electron chi connectivity index (χ0n) is 15.9. The number of pyridine rings is 1. The summed E-state index contributed by atoms with van der Waals surface area (Å²) in [5, 5.41) is 1.21. The number of unbranched alkanes of at least 4 members (excludes halogenated alkanes) is 3. The molecule has 1 nitrogen and oxygen atoms in total. The van der Waals surface area contributed by atoms with Crippen LogP contribution >= 0.6 is 0 Å². The molecule has 1 unspecified atom stereocenters. The minimum absolute atomic E-state index is 1.00. The van der Waals surface area contributed by atoms with Crippen molar-refractivity contribution in [1.82, 2.24) is 4.98 Å². The van der Waals surface area contributed by atoms with Crippen molar-refractivity contribution in [2.45, 2.75) is 78.6 Å². The van der Waals surface area contributed by atoms with Gasteiger partial charge in [-0.25, -0.2) is 0 Å². The average Bonchev–Trinajstić information content (AvgIpc) is 2.55. The molecule has 1 aromatic carbocycles. The molecule has 0 N–H and O–H groups in total. The Hall–Kier alpha value is -1.37. The zero-order valence-corrected chi connectivity index (χ0v) is 15.9. The summed E-state index contributed by atoms with van der Waals surface area (Å²) in [5.74, 6) is 2.11. The van der Waals surface area contributed by atoms with E-state index in [0.29, 0.717) is 0 Å². The van der Waals surface area contributed by atoms with Gasteiger partial charge in [0.05, 0.1) is 5.52 Å². The highest BCUT2D eigenvalue weighted by Gasteiger charge is 2.19. The van der Waals surface area contributed by atoms with Crippen molar-refractivity contribution in [3.8, 4) is 0 Å². The summed E-state index contributed by atoms with van der Waals surface area (Å²) in [6.07, 6.45) is 13.3. The molecule has 0 saturated heterocycles. The fraction of sp³-hybridized carbons (Fsp3) is 0.609. The van der Waals surface area contributed by atoms with Crippen molar-refractivity contribution in [3.05, 3.63) is 42.1 Å². The van der Waals surface area contributed by atoms with E-state index in [4.69, 9.17) is 0 Å². The van der Waals surface area contributed by atoms with Crippen molar-refractivity contribution in [3.63, 3.8) is 0 Å². The van der Waals surface area contributed by atoms with E-state index in [-0.39, 0.29) is 0 Å². The molecule has 0 spiro atoms. The molecule has 1 aromatic heterocycles. The van der Waals surface area contributed by atoms with E-state index in [1.54, 1.807) is 0 Å². The molecule has 3 rings (SSSR count). The van der Waals surface area contributed by atoms with Gasteiger partial charge in [-0.2, -0.15) is 0 Å². The maximum atomic E-state index is 4.38. The average molecular weight is 326 g/mol. The van der Waals surface area contributed by atoms with Gasteiger partial charge in [0.15, 0.2) is 0 Å². The third-order valence-electron chi connectivity index (χ3n) is 5.25. The Kier molecular flexibility index (Phi) is 8.28. The summed E-state index contributed by atoms with van der Waals surface area (Å²) >= 11 is 0. The monoisotopic (exact) mass is 325 g/mol. The van der Waals surface area contributed by atoms with Crippen LogP contribution < -0.4 is 0 Å². The lowest BCUT2D eigenvalue weighted by Gasteiger charge is -2.28.